The number of carbonyl (C=O) groups excluding carboxylic acids is 3. The fraction of sp³-hybridized carbons (Fsp3) is 0.529. The van der Waals surface area contributed by atoms with Crippen molar-refractivity contribution in [2.24, 2.45) is 5.92 Å². The van der Waals surface area contributed by atoms with Crippen molar-refractivity contribution < 1.29 is 27.5 Å². The van der Waals surface area contributed by atoms with E-state index in [2.05, 4.69) is 36.3 Å². The van der Waals surface area contributed by atoms with Crippen molar-refractivity contribution in [1.29, 1.82) is 0 Å². The highest BCUT2D eigenvalue weighted by Gasteiger charge is 2.62. The highest BCUT2D eigenvalue weighted by atomic mass is 79.9. The van der Waals surface area contributed by atoms with Crippen LogP contribution in [-0.4, -0.2) is 71.5 Å². The summed E-state index contributed by atoms with van der Waals surface area (Å²) in [6.07, 6.45) is 7.04. The quantitative estimate of drug-likeness (QED) is 0.301. The number of benzene rings is 2. The van der Waals surface area contributed by atoms with Crippen molar-refractivity contribution in [3.05, 3.63) is 53.0 Å². The normalized spacial score (nSPS) is 28.4. The summed E-state index contributed by atoms with van der Waals surface area (Å²) in [6.45, 7) is 0.169. The highest BCUT2D eigenvalue weighted by Crippen LogP contribution is 2.48. The van der Waals surface area contributed by atoms with Gasteiger partial charge in [-0.05, 0) is 68.4 Å². The number of anilines is 1. The zero-order chi connectivity index (χ0) is 33.5. The molecule has 2 aromatic carbocycles. The van der Waals surface area contributed by atoms with Crippen molar-refractivity contribution in [3.63, 3.8) is 0 Å². The van der Waals surface area contributed by atoms with E-state index in [0.717, 1.165) is 52.5 Å². The van der Waals surface area contributed by atoms with E-state index >= 15 is 0 Å². The summed E-state index contributed by atoms with van der Waals surface area (Å²) >= 11 is 4.89. The Labute approximate surface area is 292 Å². The van der Waals surface area contributed by atoms with Crippen LogP contribution in [0.5, 0.6) is 5.19 Å². The van der Waals surface area contributed by atoms with Crippen LogP contribution in [-0.2, 0) is 24.4 Å². The maximum absolute atomic E-state index is 14.4. The van der Waals surface area contributed by atoms with Crippen molar-refractivity contribution in [2.45, 2.75) is 99.6 Å². The van der Waals surface area contributed by atoms with Gasteiger partial charge in [0, 0.05) is 16.6 Å². The van der Waals surface area contributed by atoms with E-state index in [4.69, 9.17) is 4.74 Å². The van der Waals surface area contributed by atoms with Crippen LogP contribution in [0.2, 0.25) is 0 Å². The SMILES string of the molecule is O=C1N[C@]2(C(=O)NS(=O)(=O)C3CC3)C[C@H]2CCCCCCC[C@H](Nc2ccccc2)C(=O)N2C[C@H](Oc3nc4ccc(Br)cc4s3)C[C@@H]12. The fourth-order valence-corrected chi connectivity index (χ4v) is 9.86. The van der Waals surface area contributed by atoms with Gasteiger partial charge >= 0.3 is 0 Å². The van der Waals surface area contributed by atoms with Crippen LogP contribution in [0.15, 0.2) is 53.0 Å². The summed E-state index contributed by atoms with van der Waals surface area (Å²) in [6, 6.07) is 13.9. The Kier molecular flexibility index (Phi) is 9.42. The Morgan fingerprint density at radius 3 is 2.54 bits per heavy atom. The number of hydrogen-bond donors (Lipinski definition) is 3. The molecule has 0 radical (unpaired) electrons. The molecule has 3 N–H and O–H groups in total. The largest absolute Gasteiger partial charge is 0.465 e. The van der Waals surface area contributed by atoms with Crippen LogP contribution in [0, 0.1) is 5.92 Å². The van der Waals surface area contributed by atoms with E-state index in [1.54, 1.807) is 4.90 Å². The van der Waals surface area contributed by atoms with Gasteiger partial charge in [-0.1, -0.05) is 77.6 Å². The average Bonchev–Trinajstić information content (AvgIpc) is 3.95. The van der Waals surface area contributed by atoms with Gasteiger partial charge in [-0.3, -0.25) is 19.1 Å². The Bertz CT molecular complexity index is 1800. The summed E-state index contributed by atoms with van der Waals surface area (Å²) in [7, 11) is -3.80. The second-order valence-electron chi connectivity index (χ2n) is 13.5. The first-order chi connectivity index (χ1) is 23.1. The minimum atomic E-state index is -3.80. The third-order valence-electron chi connectivity index (χ3n) is 9.96. The lowest BCUT2D eigenvalue weighted by molar-refractivity contribution is -0.140. The molecule has 4 aliphatic rings. The van der Waals surface area contributed by atoms with E-state index in [0.29, 0.717) is 37.3 Å². The molecule has 4 fully saturated rings. The van der Waals surface area contributed by atoms with Gasteiger partial charge in [0.15, 0.2) is 0 Å². The zero-order valence-corrected chi connectivity index (χ0v) is 29.7. The lowest BCUT2D eigenvalue weighted by Gasteiger charge is -2.30. The smallest absolute Gasteiger partial charge is 0.274 e. The number of nitrogens with zero attached hydrogens (tertiary/aromatic N) is 2. The van der Waals surface area contributed by atoms with E-state index in [1.165, 1.54) is 11.3 Å². The highest BCUT2D eigenvalue weighted by molar-refractivity contribution is 9.10. The number of sulfonamides is 1. The molecule has 0 bridgehead atoms. The second kappa shape index (κ2) is 13.6. The molecule has 1 aromatic heterocycles. The molecule has 0 spiro atoms. The van der Waals surface area contributed by atoms with Gasteiger partial charge in [-0.15, -0.1) is 0 Å². The molecule has 5 atom stereocenters. The molecular formula is C34H40BrN5O6S2. The minimum absolute atomic E-state index is 0.169. The molecule has 48 heavy (non-hydrogen) atoms. The monoisotopic (exact) mass is 757 g/mol. The van der Waals surface area contributed by atoms with Gasteiger partial charge < -0.3 is 20.3 Å². The van der Waals surface area contributed by atoms with Gasteiger partial charge in [0.05, 0.1) is 22.0 Å². The number of hydrogen-bond acceptors (Lipinski definition) is 9. The number of ether oxygens (including phenoxy) is 1. The first-order valence-corrected chi connectivity index (χ1v) is 20.0. The van der Waals surface area contributed by atoms with Crippen molar-refractivity contribution in [2.75, 3.05) is 11.9 Å². The lowest BCUT2D eigenvalue weighted by atomic mass is 10.0. The molecule has 3 aromatic rings. The molecule has 11 nitrogen and oxygen atoms in total. The molecule has 3 amide bonds. The van der Waals surface area contributed by atoms with Crippen LogP contribution >= 0.6 is 27.3 Å². The van der Waals surface area contributed by atoms with E-state index in [9.17, 15) is 22.8 Å². The second-order valence-corrected chi connectivity index (χ2v) is 17.4. The Morgan fingerprint density at radius 1 is 1.02 bits per heavy atom. The van der Waals surface area contributed by atoms with E-state index in [-0.39, 0.29) is 24.8 Å². The third-order valence-corrected chi connectivity index (χ3v) is 13.2. The number of aromatic nitrogens is 1. The van der Waals surface area contributed by atoms with E-state index < -0.39 is 50.8 Å². The van der Waals surface area contributed by atoms with Gasteiger partial charge in [0.2, 0.25) is 21.8 Å². The number of thiazole rings is 1. The lowest BCUT2D eigenvalue weighted by Crippen LogP contribution is -2.57. The number of halogens is 1. The predicted molar refractivity (Wildman–Crippen MR) is 187 cm³/mol. The maximum Gasteiger partial charge on any atom is 0.274 e. The molecule has 2 saturated heterocycles. The summed E-state index contributed by atoms with van der Waals surface area (Å²) < 4.78 is 36.0. The predicted octanol–water partition coefficient (Wildman–Crippen LogP) is 5.12. The molecule has 2 aliphatic carbocycles. The number of carbonyl (C=O) groups is 3. The third kappa shape index (κ3) is 7.20. The van der Waals surface area contributed by atoms with Gasteiger partial charge in [-0.25, -0.2) is 13.4 Å². The van der Waals surface area contributed by atoms with Crippen molar-refractivity contribution in [3.8, 4) is 5.19 Å². The van der Waals surface area contributed by atoms with Gasteiger partial charge in [0.25, 0.3) is 11.1 Å². The fourth-order valence-electron chi connectivity index (χ4n) is 7.06. The standard InChI is InChI=1S/C34H40BrN5O6S2/c35-22-13-16-26-29(17-22)47-33(37-26)46-24-18-28-30(41)38-34(32(43)39-48(44,45)25-14-15-25)19-21(34)9-5-2-1-3-8-12-27(31(42)40(28)20-24)36-23-10-6-4-7-11-23/h4,6-7,10-11,13,16-17,21,24-25,27-28,36H,1-3,5,8-9,12,14-15,18-20H2,(H,38,41)(H,39,43)/t21-,24-,27+,28+,34-/m1/s1. The molecule has 2 saturated carbocycles. The van der Waals surface area contributed by atoms with Crippen molar-refractivity contribution in [1.82, 2.24) is 19.9 Å². The van der Waals surface area contributed by atoms with Crippen LogP contribution in [0.3, 0.4) is 0 Å². The molecule has 2 aliphatic heterocycles. The molecule has 3 heterocycles. The molecule has 256 valence electrons. The number of amides is 3. The summed E-state index contributed by atoms with van der Waals surface area (Å²) in [4.78, 5) is 48.5. The number of rotatable bonds is 7. The average molecular weight is 759 g/mol. The van der Waals surface area contributed by atoms with Crippen molar-refractivity contribution >= 4 is 70.9 Å². The Morgan fingerprint density at radius 2 is 1.77 bits per heavy atom. The molecule has 14 heteroatoms. The topological polar surface area (TPSA) is 147 Å². The number of nitrogens with one attached hydrogen (secondary N) is 3. The van der Waals surface area contributed by atoms with Crippen LogP contribution in [0.1, 0.15) is 70.6 Å². The van der Waals surface area contributed by atoms with Gasteiger partial charge in [-0.2, -0.15) is 0 Å². The minimum Gasteiger partial charge on any atom is -0.465 e. The van der Waals surface area contributed by atoms with Gasteiger partial charge in [0.1, 0.15) is 23.7 Å². The summed E-state index contributed by atoms with van der Waals surface area (Å²) in [5.74, 6) is -1.54. The number of para-hydroxylation sites is 1. The van der Waals surface area contributed by atoms with Crippen LogP contribution in [0.25, 0.3) is 10.2 Å². The van der Waals surface area contributed by atoms with E-state index in [1.807, 2.05) is 48.5 Å². The molecule has 0 unspecified atom stereocenters. The summed E-state index contributed by atoms with van der Waals surface area (Å²) in [5.41, 5.74) is 0.284. The number of fused-ring (bicyclic) bond motifs is 3. The van der Waals surface area contributed by atoms with Crippen LogP contribution in [0.4, 0.5) is 5.69 Å². The summed E-state index contributed by atoms with van der Waals surface area (Å²) in [5, 5.41) is 6.28. The maximum atomic E-state index is 14.4. The molecule has 7 rings (SSSR count). The molecular weight excluding hydrogens is 718 g/mol. The van der Waals surface area contributed by atoms with Crippen LogP contribution < -0.4 is 20.1 Å². The first kappa shape index (κ1) is 33.3. The zero-order valence-electron chi connectivity index (χ0n) is 26.5. The Balaban J connectivity index is 1.17. The Hall–Kier alpha value is -3.23. The first-order valence-electron chi connectivity index (χ1n) is 16.8.